The minimum Gasteiger partial charge on any atom is -0.731 e. The van der Waals surface area contributed by atoms with E-state index < -0.39 is 73.0 Å². The second-order valence-corrected chi connectivity index (χ2v) is 11.8. The summed E-state index contributed by atoms with van der Waals surface area (Å²) in [5.74, 6) is -3.19. The van der Waals surface area contributed by atoms with Crippen molar-refractivity contribution in [1.82, 2.24) is 14.6 Å². The fraction of sp³-hybridized carbons (Fsp3) is 0.562. The molecule has 37 heavy (non-hydrogen) atoms. The van der Waals surface area contributed by atoms with Crippen molar-refractivity contribution in [1.29, 1.82) is 0 Å². The molecule has 0 aliphatic carbocycles. The number of hydrogen-bond donors (Lipinski definition) is 2. The minimum absolute atomic E-state index is 0. The van der Waals surface area contributed by atoms with Crippen molar-refractivity contribution in [2.24, 2.45) is 5.16 Å². The van der Waals surface area contributed by atoms with Gasteiger partial charge in [-0.15, -0.1) is 11.3 Å². The van der Waals surface area contributed by atoms with E-state index in [1.165, 1.54) is 13.8 Å². The van der Waals surface area contributed by atoms with Gasteiger partial charge in [0, 0.05) is 5.38 Å². The van der Waals surface area contributed by atoms with Gasteiger partial charge in [-0.3, -0.25) is 14.3 Å². The molecule has 21 heteroatoms. The molecule has 0 aromatic carbocycles. The van der Waals surface area contributed by atoms with Crippen LogP contribution >= 0.6 is 11.3 Å². The molecule has 1 aromatic heterocycles. The summed E-state index contributed by atoms with van der Waals surface area (Å²) in [5, 5.41) is 6.44. The van der Waals surface area contributed by atoms with Crippen LogP contribution in [0.4, 0.5) is 5.13 Å². The standard InChI is InChI=1S/C16H23N5O11S3.2Na/c1-15(2,3)31-13(24)16(4,5)32-19-10(9-7-33-14(18-9)20-34(25,26)27)11(22)17-8-6-21(12(8)23)35(28,29)30;;/h7-8H,6H2,1-5H3,(H,17,22)(H,18,20)(H,25,26,27)(H,28,29,30);;/q;2*+1/p-2. The van der Waals surface area contributed by atoms with Crippen molar-refractivity contribution in [3.63, 3.8) is 0 Å². The smallest absolute Gasteiger partial charge is 0.731 e. The molecule has 2 rings (SSSR count). The van der Waals surface area contributed by atoms with Crippen LogP contribution in [-0.2, 0) is 44.6 Å². The number of nitrogens with one attached hydrogen (secondary N) is 2. The third kappa shape index (κ3) is 10.7. The molecular formula is C16H21N5Na2O11S3. The van der Waals surface area contributed by atoms with Crippen molar-refractivity contribution >= 4 is 60.6 Å². The number of rotatable bonds is 9. The van der Waals surface area contributed by atoms with Crippen LogP contribution < -0.4 is 69.2 Å². The molecule has 2 heterocycles. The first-order valence-corrected chi connectivity index (χ1v) is 13.1. The number of nitrogens with zero attached hydrogens (tertiary/aromatic N) is 3. The summed E-state index contributed by atoms with van der Waals surface area (Å²) < 4.78 is 72.4. The number of carbonyl (C=O) groups is 3. The summed E-state index contributed by atoms with van der Waals surface area (Å²) >= 11 is 0.607. The van der Waals surface area contributed by atoms with Gasteiger partial charge in [-0.25, -0.2) is 30.9 Å². The number of thiazole rings is 1. The summed E-state index contributed by atoms with van der Waals surface area (Å²) in [6.45, 7) is 6.76. The maximum atomic E-state index is 12.8. The Morgan fingerprint density at radius 2 is 1.73 bits per heavy atom. The molecule has 2 amide bonds. The van der Waals surface area contributed by atoms with Crippen LogP contribution in [0.25, 0.3) is 0 Å². The SMILES string of the molecule is CC(C)(C)OC(=O)C(C)(C)ON=C(C(=O)NC1CN(S(=O)(=O)[O-])C1=O)c1csc(NS(=O)(=O)[O-])n1.[Na+].[Na+]. The maximum Gasteiger partial charge on any atom is 1.00 e. The number of amides is 2. The normalized spacial score (nSPS) is 16.5. The average molecular weight is 602 g/mol. The van der Waals surface area contributed by atoms with Gasteiger partial charge in [0.05, 0.1) is 6.54 Å². The second kappa shape index (κ2) is 13.0. The first kappa shape index (κ1) is 36.1. The molecule has 2 N–H and O–H groups in total. The molecule has 0 saturated carbocycles. The van der Waals surface area contributed by atoms with Crippen LogP contribution in [0.5, 0.6) is 0 Å². The van der Waals surface area contributed by atoms with Gasteiger partial charge < -0.3 is 24.0 Å². The third-order valence-corrected chi connectivity index (χ3v) is 6.10. The first-order chi connectivity index (χ1) is 15.7. The zero-order chi connectivity index (χ0) is 27.0. The van der Waals surface area contributed by atoms with Gasteiger partial charge in [-0.2, -0.15) is 0 Å². The predicted molar refractivity (Wildman–Crippen MR) is 116 cm³/mol. The van der Waals surface area contributed by atoms with Gasteiger partial charge in [-0.1, -0.05) is 5.16 Å². The van der Waals surface area contributed by atoms with E-state index in [2.05, 4.69) is 15.5 Å². The van der Waals surface area contributed by atoms with Crippen LogP contribution in [0, 0.1) is 0 Å². The summed E-state index contributed by atoms with van der Waals surface area (Å²) in [7, 11) is -9.99. The average Bonchev–Trinajstić information content (AvgIpc) is 3.08. The number of ether oxygens (including phenoxy) is 1. The van der Waals surface area contributed by atoms with E-state index in [0.717, 1.165) is 5.38 Å². The summed E-state index contributed by atoms with van der Waals surface area (Å²) in [5.41, 5.74) is -3.59. The molecule has 0 spiro atoms. The fourth-order valence-electron chi connectivity index (χ4n) is 2.27. The van der Waals surface area contributed by atoms with Crippen LogP contribution in [0.3, 0.4) is 0 Å². The number of esters is 1. The van der Waals surface area contributed by atoms with E-state index in [-0.39, 0.29) is 69.1 Å². The number of carbonyl (C=O) groups excluding carboxylic acids is 3. The number of anilines is 1. The quantitative estimate of drug-likeness (QED) is 0.0670. The van der Waals surface area contributed by atoms with Gasteiger partial charge in [0.15, 0.2) is 31.5 Å². The van der Waals surface area contributed by atoms with Crippen molar-refractivity contribution in [2.45, 2.75) is 51.9 Å². The van der Waals surface area contributed by atoms with Crippen LogP contribution in [0.15, 0.2) is 10.5 Å². The van der Waals surface area contributed by atoms with Crippen LogP contribution in [0.2, 0.25) is 0 Å². The fourth-order valence-corrected chi connectivity index (χ4v) is 4.25. The molecule has 1 aliphatic heterocycles. The van der Waals surface area contributed by atoms with Crippen LogP contribution in [-0.4, -0.2) is 82.5 Å². The molecule has 1 unspecified atom stereocenters. The van der Waals surface area contributed by atoms with Crippen molar-refractivity contribution in [2.75, 3.05) is 11.3 Å². The Labute approximate surface area is 261 Å². The topological polar surface area (TPSA) is 237 Å². The zero-order valence-electron chi connectivity index (χ0n) is 20.9. The molecule has 1 aliphatic rings. The van der Waals surface area contributed by atoms with Crippen molar-refractivity contribution < 1.29 is 109 Å². The molecular weight excluding hydrogens is 580 g/mol. The predicted octanol–water partition coefficient (Wildman–Crippen LogP) is -7.35. The Balaban J connectivity index is 0.00000648. The summed E-state index contributed by atoms with van der Waals surface area (Å²) in [6, 6.07) is -1.39. The molecule has 1 fully saturated rings. The van der Waals surface area contributed by atoms with E-state index >= 15 is 0 Å². The Kier molecular flexibility index (Phi) is 12.7. The summed E-state index contributed by atoms with van der Waals surface area (Å²) in [4.78, 5) is 46.0. The Hall–Kier alpha value is -0.870. The number of aromatic nitrogens is 1. The van der Waals surface area contributed by atoms with Gasteiger partial charge in [-0.05, 0) is 34.6 Å². The number of oxime groups is 1. The second-order valence-electron chi connectivity index (χ2n) is 8.49. The van der Waals surface area contributed by atoms with Gasteiger partial charge in [0.25, 0.3) is 11.8 Å². The van der Waals surface area contributed by atoms with E-state index in [0.29, 0.717) is 11.3 Å². The van der Waals surface area contributed by atoms with Gasteiger partial charge >= 0.3 is 65.1 Å². The zero-order valence-corrected chi connectivity index (χ0v) is 27.4. The minimum atomic E-state index is -5.05. The van der Waals surface area contributed by atoms with Crippen molar-refractivity contribution in [3.8, 4) is 0 Å². The first-order valence-electron chi connectivity index (χ1n) is 9.47. The largest absolute Gasteiger partial charge is 1.00 e. The molecule has 196 valence electrons. The van der Waals surface area contributed by atoms with Gasteiger partial charge in [0.2, 0.25) is 5.60 Å². The van der Waals surface area contributed by atoms with E-state index in [9.17, 15) is 40.3 Å². The van der Waals surface area contributed by atoms with Crippen LogP contribution in [0.1, 0.15) is 40.3 Å². The molecule has 1 atom stereocenters. The van der Waals surface area contributed by atoms with Crippen molar-refractivity contribution in [3.05, 3.63) is 11.1 Å². The number of β-lactam (4-membered cyclic amide) rings is 1. The molecule has 16 nitrogen and oxygen atoms in total. The van der Waals surface area contributed by atoms with Gasteiger partial charge in [0.1, 0.15) is 17.3 Å². The number of hydrogen-bond acceptors (Lipinski definition) is 14. The Bertz CT molecular complexity index is 1270. The third-order valence-electron chi connectivity index (χ3n) is 3.90. The maximum absolute atomic E-state index is 12.8. The molecule has 0 radical (unpaired) electrons. The molecule has 0 bridgehead atoms. The molecule has 1 saturated heterocycles. The Morgan fingerprint density at radius 1 is 1.16 bits per heavy atom. The monoisotopic (exact) mass is 601 g/mol. The van der Waals surface area contributed by atoms with E-state index in [1.807, 2.05) is 0 Å². The molecule has 1 aromatic rings. The van der Waals surface area contributed by atoms with E-state index in [4.69, 9.17) is 9.57 Å². The Morgan fingerprint density at radius 3 is 2.19 bits per heavy atom. The summed E-state index contributed by atoms with van der Waals surface area (Å²) in [6.07, 6.45) is 0. The van der Waals surface area contributed by atoms with E-state index in [1.54, 1.807) is 25.5 Å².